The number of esters is 1. The molecule has 108 valence electrons. The lowest BCUT2D eigenvalue weighted by Gasteiger charge is -2.06. The Morgan fingerprint density at radius 2 is 1.75 bits per heavy atom. The Morgan fingerprint density at radius 1 is 1.10 bits per heavy atom. The van der Waals surface area contributed by atoms with Gasteiger partial charge in [-0.3, -0.25) is 9.59 Å². The Bertz CT molecular complexity index is 481. The Morgan fingerprint density at radius 3 is 2.30 bits per heavy atom. The van der Waals surface area contributed by atoms with Crippen molar-refractivity contribution in [3.8, 4) is 0 Å². The number of carbonyl (C=O) groups excluding carboxylic acids is 3. The minimum absolute atomic E-state index is 0.0995. The van der Waals surface area contributed by atoms with E-state index >= 15 is 0 Å². The molecule has 0 aliphatic carbocycles. The maximum Gasteiger partial charge on any atom is 0.332 e. The predicted molar refractivity (Wildman–Crippen MR) is 72.5 cm³/mol. The number of hydrogen-bond acceptors (Lipinski definition) is 5. The van der Waals surface area contributed by atoms with Gasteiger partial charge in [0.25, 0.3) is 0 Å². The van der Waals surface area contributed by atoms with Crippen LogP contribution in [-0.2, 0) is 19.1 Å². The van der Waals surface area contributed by atoms with E-state index in [2.05, 4.69) is 10.1 Å². The first-order chi connectivity index (χ1) is 9.56. The van der Waals surface area contributed by atoms with E-state index in [1.165, 1.54) is 7.11 Å². The summed E-state index contributed by atoms with van der Waals surface area (Å²) in [6.45, 7) is 1.24. The number of hydrogen-bond donors (Lipinski definition) is 1. The van der Waals surface area contributed by atoms with Crippen molar-refractivity contribution in [3.63, 3.8) is 0 Å². The largest absolute Gasteiger partial charge is 0.456 e. The number of anilines is 1. The molecule has 1 rings (SSSR count). The number of methoxy groups -OCH3 is 1. The van der Waals surface area contributed by atoms with Crippen LogP contribution >= 0.6 is 0 Å². The second-order valence-electron chi connectivity index (χ2n) is 4.00. The zero-order chi connectivity index (χ0) is 15.0. The summed E-state index contributed by atoms with van der Waals surface area (Å²) in [5, 5.41) is 2.67. The van der Waals surface area contributed by atoms with Gasteiger partial charge >= 0.3 is 5.97 Å². The van der Waals surface area contributed by atoms with E-state index in [1.54, 1.807) is 31.2 Å². The van der Waals surface area contributed by atoms with Gasteiger partial charge in [-0.2, -0.15) is 0 Å². The number of ketones is 1. The summed E-state index contributed by atoms with van der Waals surface area (Å²) in [6.07, 6.45) is 0.385. The summed E-state index contributed by atoms with van der Waals surface area (Å²) < 4.78 is 9.31. The summed E-state index contributed by atoms with van der Waals surface area (Å²) in [7, 11) is 1.37. The fraction of sp³-hybridized carbons (Fsp3) is 0.357. The third-order valence-electron chi connectivity index (χ3n) is 2.44. The van der Waals surface area contributed by atoms with E-state index in [-0.39, 0.29) is 24.9 Å². The van der Waals surface area contributed by atoms with E-state index in [0.717, 1.165) is 0 Å². The van der Waals surface area contributed by atoms with E-state index in [4.69, 9.17) is 4.74 Å². The topological polar surface area (TPSA) is 81.7 Å². The Hall–Kier alpha value is -2.21. The number of amides is 1. The van der Waals surface area contributed by atoms with Crippen LogP contribution in [0.15, 0.2) is 24.3 Å². The molecule has 6 nitrogen and oxygen atoms in total. The fourth-order valence-corrected chi connectivity index (χ4v) is 1.38. The summed E-state index contributed by atoms with van der Waals surface area (Å²) in [4.78, 5) is 34.0. The van der Waals surface area contributed by atoms with Crippen LogP contribution in [0.1, 0.15) is 23.7 Å². The predicted octanol–water partition coefficient (Wildman–Crippen LogP) is 1.41. The Balaban J connectivity index is 2.53. The molecule has 0 spiro atoms. The molecule has 0 aliphatic heterocycles. The molecule has 20 heavy (non-hydrogen) atoms. The van der Waals surface area contributed by atoms with Crippen molar-refractivity contribution in [2.45, 2.75) is 13.3 Å². The molecule has 1 aromatic carbocycles. The normalized spacial score (nSPS) is 9.90. The fourth-order valence-electron chi connectivity index (χ4n) is 1.38. The SMILES string of the molecule is CCC(=O)Nc1ccc(C(=O)COC(=O)COC)cc1. The molecule has 0 saturated carbocycles. The first kappa shape index (κ1) is 15.8. The zero-order valence-electron chi connectivity index (χ0n) is 11.5. The molecule has 0 aromatic heterocycles. The van der Waals surface area contributed by atoms with Gasteiger partial charge in [-0.15, -0.1) is 0 Å². The molecule has 0 saturated heterocycles. The van der Waals surface area contributed by atoms with Crippen LogP contribution < -0.4 is 5.32 Å². The first-order valence-corrected chi connectivity index (χ1v) is 6.14. The zero-order valence-corrected chi connectivity index (χ0v) is 11.5. The molecule has 0 bridgehead atoms. The Labute approximate surface area is 117 Å². The first-order valence-electron chi connectivity index (χ1n) is 6.14. The number of carbonyl (C=O) groups is 3. The second-order valence-corrected chi connectivity index (χ2v) is 4.00. The average molecular weight is 279 g/mol. The lowest BCUT2D eigenvalue weighted by Crippen LogP contribution is -2.17. The molecule has 0 atom stereocenters. The molecule has 0 heterocycles. The van der Waals surface area contributed by atoms with Gasteiger partial charge < -0.3 is 14.8 Å². The minimum atomic E-state index is -0.590. The van der Waals surface area contributed by atoms with Crippen LogP contribution in [0.5, 0.6) is 0 Å². The molecular weight excluding hydrogens is 262 g/mol. The van der Waals surface area contributed by atoms with Crippen LogP contribution in [0.25, 0.3) is 0 Å². The number of Topliss-reactive ketones (excluding diaryl/α,β-unsaturated/α-hetero) is 1. The summed E-state index contributed by atoms with van der Waals surface area (Å²) >= 11 is 0. The van der Waals surface area contributed by atoms with Crippen molar-refractivity contribution in [2.75, 3.05) is 25.6 Å². The van der Waals surface area contributed by atoms with E-state index in [9.17, 15) is 14.4 Å². The Kier molecular flexibility index (Phi) is 6.39. The van der Waals surface area contributed by atoms with E-state index in [1.807, 2.05) is 0 Å². The van der Waals surface area contributed by atoms with Gasteiger partial charge in [-0.05, 0) is 24.3 Å². The highest BCUT2D eigenvalue weighted by molar-refractivity contribution is 5.98. The smallest absolute Gasteiger partial charge is 0.332 e. The monoisotopic (exact) mass is 279 g/mol. The molecule has 6 heteroatoms. The highest BCUT2D eigenvalue weighted by Gasteiger charge is 2.10. The van der Waals surface area contributed by atoms with Crippen molar-refractivity contribution in [2.24, 2.45) is 0 Å². The van der Waals surface area contributed by atoms with Crippen molar-refractivity contribution < 1.29 is 23.9 Å². The maximum atomic E-state index is 11.7. The van der Waals surface area contributed by atoms with Crippen molar-refractivity contribution in [3.05, 3.63) is 29.8 Å². The van der Waals surface area contributed by atoms with Crippen LogP contribution in [0.4, 0.5) is 5.69 Å². The van der Waals surface area contributed by atoms with E-state index in [0.29, 0.717) is 17.7 Å². The van der Waals surface area contributed by atoms with Crippen molar-refractivity contribution >= 4 is 23.3 Å². The number of benzene rings is 1. The lowest BCUT2D eigenvalue weighted by molar-refractivity contribution is -0.146. The average Bonchev–Trinajstić information content (AvgIpc) is 2.45. The summed E-state index contributed by atoms with van der Waals surface area (Å²) in [6, 6.07) is 6.38. The van der Waals surface area contributed by atoms with Crippen molar-refractivity contribution in [1.82, 2.24) is 0 Å². The van der Waals surface area contributed by atoms with Crippen LogP contribution in [0.3, 0.4) is 0 Å². The quantitative estimate of drug-likeness (QED) is 0.602. The summed E-state index contributed by atoms with van der Waals surface area (Å²) in [5.74, 6) is -1.01. The second kappa shape index (κ2) is 8.06. The number of nitrogens with one attached hydrogen (secondary N) is 1. The van der Waals surface area contributed by atoms with Gasteiger partial charge in [0.2, 0.25) is 5.91 Å². The molecule has 1 N–H and O–H groups in total. The van der Waals surface area contributed by atoms with Crippen molar-refractivity contribution in [1.29, 1.82) is 0 Å². The molecule has 0 radical (unpaired) electrons. The van der Waals surface area contributed by atoms with Gasteiger partial charge in [0.05, 0.1) is 0 Å². The number of rotatable bonds is 7. The van der Waals surface area contributed by atoms with Gasteiger partial charge in [0.1, 0.15) is 6.61 Å². The van der Waals surface area contributed by atoms with Gasteiger partial charge in [-0.1, -0.05) is 6.92 Å². The van der Waals surface area contributed by atoms with Crippen LogP contribution in [0, 0.1) is 0 Å². The number of ether oxygens (including phenoxy) is 2. The van der Waals surface area contributed by atoms with E-state index < -0.39 is 5.97 Å². The molecule has 0 aliphatic rings. The third-order valence-corrected chi connectivity index (χ3v) is 2.44. The highest BCUT2D eigenvalue weighted by Crippen LogP contribution is 2.10. The molecule has 1 aromatic rings. The standard InChI is InChI=1S/C14H17NO5/c1-3-13(17)15-11-6-4-10(5-7-11)12(16)8-20-14(18)9-19-2/h4-7H,3,8-9H2,1-2H3,(H,15,17). The van der Waals surface area contributed by atoms with Gasteiger partial charge in [-0.25, -0.2) is 4.79 Å². The van der Waals surface area contributed by atoms with Crippen LogP contribution in [0.2, 0.25) is 0 Å². The third kappa shape index (κ3) is 5.19. The van der Waals surface area contributed by atoms with Crippen LogP contribution in [-0.4, -0.2) is 38.0 Å². The van der Waals surface area contributed by atoms with Gasteiger partial charge in [0, 0.05) is 24.8 Å². The molecule has 0 unspecified atom stereocenters. The minimum Gasteiger partial charge on any atom is -0.456 e. The molecule has 0 fully saturated rings. The summed E-state index contributed by atoms with van der Waals surface area (Å²) in [5.41, 5.74) is 1.02. The molecule has 1 amide bonds. The highest BCUT2D eigenvalue weighted by atomic mass is 16.6. The maximum absolute atomic E-state index is 11.7. The van der Waals surface area contributed by atoms with Gasteiger partial charge in [0.15, 0.2) is 12.4 Å². The lowest BCUT2D eigenvalue weighted by atomic mass is 10.1. The molecular formula is C14H17NO5.